The number of hydrogen-bond donors (Lipinski definition) is 1. The molecule has 1 amide bonds. The fraction of sp³-hybridized carbons (Fsp3) is 0.409. The molecule has 1 N–H and O–H groups in total. The summed E-state index contributed by atoms with van der Waals surface area (Å²) in [6, 6.07) is 12.6. The average molecular weight is 419 g/mol. The molecule has 158 valence electrons. The summed E-state index contributed by atoms with van der Waals surface area (Å²) >= 11 is 0. The first-order chi connectivity index (χ1) is 13.7. The topological polar surface area (TPSA) is 75.7 Å². The van der Waals surface area contributed by atoms with Gasteiger partial charge in [0.25, 0.3) is 0 Å². The Bertz CT molecular complexity index is 940. The third-order valence-electron chi connectivity index (χ3n) is 4.67. The van der Waals surface area contributed by atoms with Gasteiger partial charge in [-0.2, -0.15) is 0 Å². The minimum absolute atomic E-state index is 0.176. The SMILES string of the molecule is CCOc1ccc(N(CC(=O)N[C@H](CC)c2ccc(C)cc2C)S(C)(=O)=O)cc1. The molecule has 0 aromatic heterocycles. The summed E-state index contributed by atoms with van der Waals surface area (Å²) in [5.74, 6) is 0.297. The van der Waals surface area contributed by atoms with Crippen LogP contribution in [0.4, 0.5) is 5.69 Å². The molecule has 0 fully saturated rings. The number of nitrogens with zero attached hydrogens (tertiary/aromatic N) is 1. The minimum Gasteiger partial charge on any atom is -0.494 e. The largest absolute Gasteiger partial charge is 0.494 e. The number of anilines is 1. The van der Waals surface area contributed by atoms with Gasteiger partial charge in [0.2, 0.25) is 15.9 Å². The van der Waals surface area contributed by atoms with Crippen molar-refractivity contribution in [3.8, 4) is 5.75 Å². The van der Waals surface area contributed by atoms with Gasteiger partial charge in [-0.25, -0.2) is 8.42 Å². The van der Waals surface area contributed by atoms with Gasteiger partial charge in [0, 0.05) is 0 Å². The number of sulfonamides is 1. The number of carbonyl (C=O) groups excluding carboxylic acids is 1. The van der Waals surface area contributed by atoms with Crippen molar-refractivity contribution < 1.29 is 17.9 Å². The molecule has 0 bridgehead atoms. The van der Waals surface area contributed by atoms with Gasteiger partial charge in [0.15, 0.2) is 0 Å². The van der Waals surface area contributed by atoms with Crippen LogP contribution < -0.4 is 14.4 Å². The Labute approximate surface area is 173 Å². The van der Waals surface area contributed by atoms with Crippen LogP contribution >= 0.6 is 0 Å². The third-order valence-corrected chi connectivity index (χ3v) is 5.81. The summed E-state index contributed by atoms with van der Waals surface area (Å²) in [5.41, 5.74) is 3.72. The van der Waals surface area contributed by atoms with Gasteiger partial charge in [-0.05, 0) is 62.6 Å². The first kappa shape index (κ1) is 22.7. The van der Waals surface area contributed by atoms with Crippen molar-refractivity contribution in [2.24, 2.45) is 0 Å². The van der Waals surface area contributed by atoms with Gasteiger partial charge >= 0.3 is 0 Å². The van der Waals surface area contributed by atoms with Crippen LogP contribution in [-0.2, 0) is 14.8 Å². The molecule has 0 aliphatic rings. The smallest absolute Gasteiger partial charge is 0.241 e. The molecule has 0 aliphatic carbocycles. The maximum absolute atomic E-state index is 12.7. The molecular weight excluding hydrogens is 388 g/mol. The number of carbonyl (C=O) groups is 1. The molecule has 0 radical (unpaired) electrons. The zero-order chi connectivity index (χ0) is 21.6. The third kappa shape index (κ3) is 6.22. The lowest BCUT2D eigenvalue weighted by Gasteiger charge is -2.25. The monoisotopic (exact) mass is 418 g/mol. The van der Waals surface area contributed by atoms with E-state index >= 15 is 0 Å². The molecule has 0 saturated heterocycles. The van der Waals surface area contributed by atoms with Crippen LogP contribution in [0.1, 0.15) is 43.0 Å². The lowest BCUT2D eigenvalue weighted by Crippen LogP contribution is -2.41. The molecule has 2 rings (SSSR count). The van der Waals surface area contributed by atoms with Gasteiger partial charge in [0.1, 0.15) is 12.3 Å². The number of rotatable bonds is 9. The number of benzene rings is 2. The standard InChI is InChI=1S/C22H30N2O4S/c1-6-21(20-13-8-16(3)14-17(20)4)23-22(25)15-24(29(5,26)27)18-9-11-19(12-10-18)28-7-2/h8-14,21H,6-7,15H2,1-5H3,(H,23,25)/t21-/m1/s1. The summed E-state index contributed by atoms with van der Waals surface area (Å²) in [5, 5.41) is 2.98. The molecule has 0 saturated carbocycles. The molecule has 7 heteroatoms. The van der Waals surface area contributed by atoms with Crippen molar-refractivity contribution >= 4 is 21.6 Å². The van der Waals surface area contributed by atoms with Crippen LogP contribution in [0, 0.1) is 13.8 Å². The van der Waals surface area contributed by atoms with Crippen LogP contribution in [0.2, 0.25) is 0 Å². The predicted octanol–water partition coefficient (Wildman–Crippen LogP) is 3.74. The summed E-state index contributed by atoms with van der Waals surface area (Å²) in [6.07, 6.45) is 1.80. The highest BCUT2D eigenvalue weighted by molar-refractivity contribution is 7.92. The summed E-state index contributed by atoms with van der Waals surface area (Å²) in [6.45, 7) is 8.14. The zero-order valence-corrected chi connectivity index (χ0v) is 18.5. The molecular formula is C22H30N2O4S. The predicted molar refractivity (Wildman–Crippen MR) is 117 cm³/mol. The molecule has 0 spiro atoms. The van der Waals surface area contributed by atoms with Crippen molar-refractivity contribution in [3.05, 3.63) is 59.2 Å². The maximum atomic E-state index is 12.7. The van der Waals surface area contributed by atoms with E-state index < -0.39 is 10.0 Å². The first-order valence-corrected chi connectivity index (χ1v) is 11.6. The van der Waals surface area contributed by atoms with E-state index in [1.54, 1.807) is 24.3 Å². The van der Waals surface area contributed by atoms with Gasteiger partial charge in [-0.15, -0.1) is 0 Å². The van der Waals surface area contributed by atoms with Crippen LogP contribution in [0.15, 0.2) is 42.5 Å². The highest BCUT2D eigenvalue weighted by Gasteiger charge is 2.23. The number of ether oxygens (including phenoxy) is 1. The molecule has 0 aliphatic heterocycles. The van der Waals surface area contributed by atoms with E-state index in [1.165, 1.54) is 0 Å². The van der Waals surface area contributed by atoms with E-state index in [0.29, 0.717) is 24.5 Å². The zero-order valence-electron chi connectivity index (χ0n) is 17.7. The Morgan fingerprint density at radius 2 is 1.76 bits per heavy atom. The van der Waals surface area contributed by atoms with Crippen molar-refractivity contribution in [2.75, 3.05) is 23.7 Å². The molecule has 2 aromatic carbocycles. The number of hydrogen-bond acceptors (Lipinski definition) is 4. The Morgan fingerprint density at radius 3 is 2.28 bits per heavy atom. The lowest BCUT2D eigenvalue weighted by atomic mass is 9.97. The quantitative estimate of drug-likeness (QED) is 0.673. The summed E-state index contributed by atoms with van der Waals surface area (Å²) in [7, 11) is -3.63. The highest BCUT2D eigenvalue weighted by atomic mass is 32.2. The number of amides is 1. The van der Waals surface area contributed by atoms with Crippen molar-refractivity contribution in [3.63, 3.8) is 0 Å². The second kappa shape index (κ2) is 9.78. The van der Waals surface area contributed by atoms with Crippen molar-refractivity contribution in [2.45, 2.75) is 40.2 Å². The van der Waals surface area contributed by atoms with E-state index in [-0.39, 0.29) is 18.5 Å². The summed E-state index contributed by atoms with van der Waals surface area (Å²) < 4.78 is 31.1. The van der Waals surface area contributed by atoms with Gasteiger partial charge in [-0.3, -0.25) is 9.10 Å². The van der Waals surface area contributed by atoms with Crippen LogP contribution in [0.25, 0.3) is 0 Å². The number of nitrogens with one attached hydrogen (secondary N) is 1. The molecule has 1 atom stereocenters. The minimum atomic E-state index is -3.63. The lowest BCUT2D eigenvalue weighted by molar-refractivity contribution is -0.120. The fourth-order valence-electron chi connectivity index (χ4n) is 3.26. The Kier molecular flexibility index (Phi) is 7.67. The average Bonchev–Trinajstić information content (AvgIpc) is 2.65. The van der Waals surface area contributed by atoms with Crippen LogP contribution in [-0.4, -0.2) is 33.7 Å². The van der Waals surface area contributed by atoms with Crippen LogP contribution in [0.3, 0.4) is 0 Å². The first-order valence-electron chi connectivity index (χ1n) is 9.72. The Balaban J connectivity index is 2.19. The fourth-order valence-corrected chi connectivity index (χ4v) is 4.12. The van der Waals surface area contributed by atoms with E-state index in [9.17, 15) is 13.2 Å². The number of aryl methyl sites for hydroxylation is 2. The van der Waals surface area contributed by atoms with Gasteiger partial charge < -0.3 is 10.1 Å². The van der Waals surface area contributed by atoms with Crippen LogP contribution in [0.5, 0.6) is 5.75 Å². The normalized spacial score (nSPS) is 12.3. The van der Waals surface area contributed by atoms with E-state index in [4.69, 9.17) is 4.74 Å². The Morgan fingerprint density at radius 1 is 1.10 bits per heavy atom. The molecule has 0 heterocycles. The highest BCUT2D eigenvalue weighted by Crippen LogP contribution is 2.23. The maximum Gasteiger partial charge on any atom is 0.241 e. The van der Waals surface area contributed by atoms with Crippen molar-refractivity contribution in [1.82, 2.24) is 5.32 Å². The van der Waals surface area contributed by atoms with Gasteiger partial charge in [-0.1, -0.05) is 30.7 Å². The molecule has 29 heavy (non-hydrogen) atoms. The van der Waals surface area contributed by atoms with E-state index in [1.807, 2.05) is 39.8 Å². The van der Waals surface area contributed by atoms with Crippen molar-refractivity contribution in [1.29, 1.82) is 0 Å². The molecule has 2 aromatic rings. The molecule has 6 nitrogen and oxygen atoms in total. The Hall–Kier alpha value is -2.54. The second-order valence-corrected chi connectivity index (χ2v) is 8.99. The van der Waals surface area contributed by atoms with Gasteiger partial charge in [0.05, 0.1) is 24.6 Å². The van der Waals surface area contributed by atoms with E-state index in [0.717, 1.165) is 27.3 Å². The molecule has 0 unspecified atom stereocenters. The second-order valence-electron chi connectivity index (χ2n) is 7.08. The van der Waals surface area contributed by atoms with E-state index in [2.05, 4.69) is 11.4 Å². The summed E-state index contributed by atoms with van der Waals surface area (Å²) in [4.78, 5) is 12.7.